The molecule has 1 aromatic carbocycles. The molecule has 0 bridgehead atoms. The fourth-order valence-electron chi connectivity index (χ4n) is 5.75. The van der Waals surface area contributed by atoms with Crippen molar-refractivity contribution in [2.45, 2.75) is 58.3 Å². The molecule has 5 rings (SSSR count). The van der Waals surface area contributed by atoms with Crippen LogP contribution in [0.5, 0.6) is 5.88 Å². The summed E-state index contributed by atoms with van der Waals surface area (Å²) in [6.45, 7) is 10.2. The van der Waals surface area contributed by atoms with E-state index < -0.39 is 17.7 Å². The van der Waals surface area contributed by atoms with E-state index in [2.05, 4.69) is 4.98 Å². The van der Waals surface area contributed by atoms with E-state index in [0.29, 0.717) is 56.5 Å². The third-order valence-corrected chi connectivity index (χ3v) is 8.00. The van der Waals surface area contributed by atoms with Gasteiger partial charge in [-0.1, -0.05) is 18.2 Å². The van der Waals surface area contributed by atoms with Crippen LogP contribution >= 0.6 is 0 Å². The molecule has 47 heavy (non-hydrogen) atoms. The van der Waals surface area contributed by atoms with Crippen molar-refractivity contribution in [3.05, 3.63) is 71.4 Å². The molecule has 3 aromatic rings. The molecule has 2 fully saturated rings. The Hall–Kier alpha value is -3.91. The zero-order valence-corrected chi connectivity index (χ0v) is 27.7. The summed E-state index contributed by atoms with van der Waals surface area (Å²) >= 11 is 0. The fourth-order valence-corrected chi connectivity index (χ4v) is 5.75. The van der Waals surface area contributed by atoms with Crippen LogP contribution in [0.4, 0.5) is 9.18 Å². The van der Waals surface area contributed by atoms with Gasteiger partial charge in [-0.2, -0.15) is 9.45 Å². The number of hydroxylamine groups is 2. The second-order valence-electron chi connectivity index (χ2n) is 12.9. The van der Waals surface area contributed by atoms with E-state index in [4.69, 9.17) is 28.9 Å². The molecule has 2 aliphatic heterocycles. The minimum atomic E-state index is -0.599. The molecule has 0 saturated carbocycles. The zero-order chi connectivity index (χ0) is 33.6. The summed E-state index contributed by atoms with van der Waals surface area (Å²) in [4.78, 5) is 37.8. The molecular weight excluding hydrogens is 609 g/mol. The predicted molar refractivity (Wildman–Crippen MR) is 170 cm³/mol. The second-order valence-corrected chi connectivity index (χ2v) is 12.9. The highest BCUT2D eigenvalue weighted by Gasteiger charge is 2.37. The minimum absolute atomic E-state index is 0.0120. The Bertz CT molecular complexity index is 1510. The summed E-state index contributed by atoms with van der Waals surface area (Å²) in [6.07, 6.45) is 0.465. The van der Waals surface area contributed by atoms with Crippen molar-refractivity contribution < 1.29 is 37.8 Å². The Morgan fingerprint density at radius 1 is 1.13 bits per heavy atom. The number of aromatic nitrogens is 3. The molecule has 4 heterocycles. The number of benzene rings is 1. The van der Waals surface area contributed by atoms with Crippen molar-refractivity contribution in [3.63, 3.8) is 0 Å². The lowest BCUT2D eigenvalue weighted by molar-refractivity contribution is -0.155. The van der Waals surface area contributed by atoms with Gasteiger partial charge in [0.15, 0.2) is 0 Å². The van der Waals surface area contributed by atoms with Crippen LogP contribution in [0.25, 0.3) is 5.69 Å². The molecule has 0 N–H and O–H groups in total. The highest BCUT2D eigenvalue weighted by atomic mass is 19.1. The molecule has 13 heteroatoms. The molecule has 0 radical (unpaired) electrons. The van der Waals surface area contributed by atoms with Crippen molar-refractivity contribution >= 4 is 11.9 Å². The molecule has 254 valence electrons. The standard InChI is InChI=1S/C34H44FN5O7/c1-23-29(19-27(41)17-25-20-39(14-15-43-5)47-31(25)24-11-12-36-30(35)18-24)40(26-9-7-6-8-10-26)37-32(23)45-22-28-21-38(13-16-44-28)33(42)46-34(2,3)4/h6-12,18,25,28,31H,13-17,19-22H2,1-5H3/t25-,28?,31+/m1/s1. The molecule has 1 unspecified atom stereocenters. The first kappa shape index (κ1) is 34.4. The highest BCUT2D eigenvalue weighted by molar-refractivity contribution is 5.81. The van der Waals surface area contributed by atoms with Crippen molar-refractivity contribution in [3.8, 4) is 11.6 Å². The molecular formula is C34H44FN5O7. The number of hydrogen-bond acceptors (Lipinski definition) is 10. The maximum Gasteiger partial charge on any atom is 0.410 e. The first-order valence-corrected chi connectivity index (χ1v) is 15.9. The van der Waals surface area contributed by atoms with Gasteiger partial charge in [0.25, 0.3) is 0 Å². The molecule has 12 nitrogen and oxygen atoms in total. The van der Waals surface area contributed by atoms with Gasteiger partial charge in [0.2, 0.25) is 11.8 Å². The Labute approximate surface area is 274 Å². The number of halogens is 1. The van der Waals surface area contributed by atoms with Gasteiger partial charge in [-0.25, -0.2) is 14.5 Å². The molecule has 0 spiro atoms. The number of nitrogens with zero attached hydrogens (tertiary/aromatic N) is 5. The van der Waals surface area contributed by atoms with Crippen LogP contribution in [-0.4, -0.2) is 101 Å². The fraction of sp³-hybridized carbons (Fsp3) is 0.529. The summed E-state index contributed by atoms with van der Waals surface area (Å²) in [5.74, 6) is -0.434. The van der Waals surface area contributed by atoms with E-state index in [1.807, 2.05) is 58.0 Å². The number of morpholine rings is 1. The lowest BCUT2D eigenvalue weighted by Crippen LogP contribution is -2.49. The van der Waals surface area contributed by atoms with Gasteiger partial charge in [-0.15, -0.1) is 5.10 Å². The van der Waals surface area contributed by atoms with Crippen LogP contribution in [-0.2, 0) is 30.3 Å². The minimum Gasteiger partial charge on any atom is -0.474 e. The topological polar surface area (TPSA) is 117 Å². The third kappa shape index (κ3) is 9.13. The van der Waals surface area contributed by atoms with E-state index in [1.165, 1.54) is 12.3 Å². The predicted octanol–water partition coefficient (Wildman–Crippen LogP) is 4.48. The molecule has 0 aliphatic carbocycles. The second kappa shape index (κ2) is 15.3. The van der Waals surface area contributed by atoms with Gasteiger partial charge in [0, 0.05) is 57.3 Å². The van der Waals surface area contributed by atoms with Crippen molar-refractivity contribution in [2.75, 3.05) is 53.1 Å². The number of ketones is 1. The lowest BCUT2D eigenvalue weighted by atomic mass is 9.91. The maximum atomic E-state index is 14.0. The van der Waals surface area contributed by atoms with Crippen molar-refractivity contribution in [1.82, 2.24) is 24.7 Å². The Kier molecular flexibility index (Phi) is 11.2. The highest BCUT2D eigenvalue weighted by Crippen LogP contribution is 2.37. The normalized spacial score (nSPS) is 20.4. The Morgan fingerprint density at radius 3 is 2.64 bits per heavy atom. The Balaban J connectivity index is 1.30. The van der Waals surface area contributed by atoms with Crippen LogP contribution in [0.15, 0.2) is 48.7 Å². The third-order valence-electron chi connectivity index (χ3n) is 8.00. The molecule has 3 atom stereocenters. The quantitative estimate of drug-likeness (QED) is 0.259. The summed E-state index contributed by atoms with van der Waals surface area (Å²) in [6, 6.07) is 12.6. The van der Waals surface area contributed by atoms with Gasteiger partial charge in [0.05, 0.1) is 31.1 Å². The molecule has 1 amide bonds. The number of Topliss-reactive ketones (excluding diaryl/α,β-unsaturated/α-hetero) is 1. The first-order valence-electron chi connectivity index (χ1n) is 15.9. The van der Waals surface area contributed by atoms with Gasteiger partial charge in [-0.05, 0) is 57.5 Å². The van der Waals surface area contributed by atoms with E-state index in [-0.39, 0.29) is 43.3 Å². The number of ether oxygens (including phenoxy) is 4. The number of carbonyl (C=O) groups excluding carboxylic acids is 2. The number of carbonyl (C=O) groups is 2. The summed E-state index contributed by atoms with van der Waals surface area (Å²) in [5, 5.41) is 6.53. The number of methoxy groups -OCH3 is 1. The van der Waals surface area contributed by atoms with Crippen molar-refractivity contribution in [2.24, 2.45) is 5.92 Å². The number of rotatable bonds is 12. The van der Waals surface area contributed by atoms with Crippen LogP contribution in [0.1, 0.15) is 50.1 Å². The van der Waals surface area contributed by atoms with E-state index in [0.717, 1.165) is 11.3 Å². The van der Waals surface area contributed by atoms with Gasteiger partial charge in [-0.3, -0.25) is 9.63 Å². The monoisotopic (exact) mass is 653 g/mol. The number of pyridine rings is 1. The molecule has 2 saturated heterocycles. The number of amides is 1. The zero-order valence-electron chi connectivity index (χ0n) is 27.7. The summed E-state index contributed by atoms with van der Waals surface area (Å²) < 4.78 is 38.6. The smallest absolute Gasteiger partial charge is 0.410 e. The van der Waals surface area contributed by atoms with Gasteiger partial charge < -0.3 is 23.8 Å². The van der Waals surface area contributed by atoms with E-state index >= 15 is 0 Å². The summed E-state index contributed by atoms with van der Waals surface area (Å²) in [7, 11) is 1.61. The van der Waals surface area contributed by atoms with E-state index in [9.17, 15) is 14.0 Å². The van der Waals surface area contributed by atoms with Crippen molar-refractivity contribution in [1.29, 1.82) is 0 Å². The largest absolute Gasteiger partial charge is 0.474 e. The summed E-state index contributed by atoms with van der Waals surface area (Å²) in [5.41, 5.74) is 2.27. The average molecular weight is 654 g/mol. The maximum absolute atomic E-state index is 14.0. The average Bonchev–Trinajstić information content (AvgIpc) is 3.58. The van der Waals surface area contributed by atoms with Gasteiger partial charge in [0.1, 0.15) is 30.2 Å². The first-order chi connectivity index (χ1) is 22.5. The SMILES string of the molecule is COCCN1C[C@@H](CC(=O)Cc2c(C)c(OCC3CN(C(=O)OC(C)(C)C)CCO3)nn2-c2ccccc2)[C@H](c2ccnc(F)c2)O1. The molecule has 2 aliphatic rings. The molecule has 2 aromatic heterocycles. The van der Waals surface area contributed by atoms with Crippen LogP contribution < -0.4 is 4.74 Å². The lowest BCUT2D eigenvalue weighted by Gasteiger charge is -2.34. The number of hydrogen-bond donors (Lipinski definition) is 0. The van der Waals surface area contributed by atoms with Crippen LogP contribution in [0.2, 0.25) is 0 Å². The van der Waals surface area contributed by atoms with E-state index in [1.54, 1.807) is 27.8 Å². The Morgan fingerprint density at radius 2 is 1.91 bits per heavy atom. The van der Waals surface area contributed by atoms with Crippen LogP contribution in [0.3, 0.4) is 0 Å². The number of para-hydroxylation sites is 1. The van der Waals surface area contributed by atoms with Gasteiger partial charge >= 0.3 is 6.09 Å². The van der Waals surface area contributed by atoms with Crippen LogP contribution in [0, 0.1) is 18.8 Å².